The zero-order valence-corrected chi connectivity index (χ0v) is 18.9. The molecule has 0 bridgehead atoms. The van der Waals surface area contributed by atoms with E-state index in [1.165, 1.54) is 35.9 Å². The molecule has 2 aliphatic heterocycles. The standard InChI is InChI=1S/C26H21NO5S/c1-26(2)19-9-4-5-10-20(19)27-15-14-17(16-24(26)27)21(32-29)11-7-13-23-25(28)18-8-3-6-12-22(18)33(23,30)31/h3-16,21H,1-2H3/p+1. The summed E-state index contributed by atoms with van der Waals surface area (Å²) in [6.45, 7) is 4.27. The average molecular weight is 461 g/mol. The third-order valence-electron chi connectivity index (χ3n) is 6.37. The molecular weight excluding hydrogens is 438 g/mol. The summed E-state index contributed by atoms with van der Waals surface area (Å²) in [6.07, 6.45) is 5.29. The summed E-state index contributed by atoms with van der Waals surface area (Å²) >= 11 is 0. The number of ketones is 1. The number of aromatic nitrogens is 1. The lowest BCUT2D eigenvalue weighted by Gasteiger charge is -2.15. The third kappa shape index (κ3) is 3.20. The molecule has 3 aromatic rings. The number of fused-ring (bicyclic) bond motifs is 4. The van der Waals surface area contributed by atoms with Crippen molar-refractivity contribution in [2.75, 3.05) is 0 Å². The molecule has 0 radical (unpaired) electrons. The minimum atomic E-state index is -3.87. The van der Waals surface area contributed by atoms with Gasteiger partial charge in [-0.2, -0.15) is 4.57 Å². The lowest BCUT2D eigenvalue weighted by atomic mass is 9.83. The molecular formula is C26H22NO5S+. The molecule has 0 aliphatic carbocycles. The summed E-state index contributed by atoms with van der Waals surface area (Å²) in [5.41, 5.74) is 3.98. The quantitative estimate of drug-likeness (QED) is 0.272. The van der Waals surface area contributed by atoms with Crippen LogP contribution < -0.4 is 4.57 Å². The van der Waals surface area contributed by atoms with Gasteiger partial charge in [-0.15, -0.1) is 0 Å². The van der Waals surface area contributed by atoms with Crippen molar-refractivity contribution in [3.8, 4) is 5.69 Å². The van der Waals surface area contributed by atoms with Crippen molar-refractivity contribution in [1.82, 2.24) is 0 Å². The van der Waals surface area contributed by atoms with Crippen molar-refractivity contribution in [3.05, 3.63) is 112 Å². The second-order valence-electron chi connectivity index (χ2n) is 8.63. The fourth-order valence-corrected chi connectivity index (χ4v) is 6.17. The van der Waals surface area contributed by atoms with Crippen molar-refractivity contribution in [2.45, 2.75) is 30.3 Å². The van der Waals surface area contributed by atoms with E-state index in [1.54, 1.807) is 12.1 Å². The summed E-state index contributed by atoms with van der Waals surface area (Å²) < 4.78 is 27.5. The molecule has 5 rings (SSSR count). The lowest BCUT2D eigenvalue weighted by Crippen LogP contribution is -2.34. The zero-order valence-electron chi connectivity index (χ0n) is 18.1. The van der Waals surface area contributed by atoms with Gasteiger partial charge < -0.3 is 0 Å². The second-order valence-corrected chi connectivity index (χ2v) is 10.5. The molecule has 1 unspecified atom stereocenters. The summed E-state index contributed by atoms with van der Waals surface area (Å²) in [6, 6.07) is 18.1. The normalized spacial score (nSPS) is 19.5. The first-order valence-corrected chi connectivity index (χ1v) is 12.0. The number of rotatable bonds is 4. The van der Waals surface area contributed by atoms with Crippen LogP contribution in [0.3, 0.4) is 0 Å². The Morgan fingerprint density at radius 2 is 1.79 bits per heavy atom. The Morgan fingerprint density at radius 3 is 2.55 bits per heavy atom. The number of hydrogen-bond donors (Lipinski definition) is 1. The molecule has 1 N–H and O–H groups in total. The number of nitrogens with zero attached hydrogens (tertiary/aromatic N) is 1. The van der Waals surface area contributed by atoms with E-state index >= 15 is 0 Å². The van der Waals surface area contributed by atoms with E-state index in [9.17, 15) is 18.5 Å². The highest BCUT2D eigenvalue weighted by atomic mass is 32.2. The van der Waals surface area contributed by atoms with Crippen molar-refractivity contribution < 1.29 is 27.9 Å². The summed E-state index contributed by atoms with van der Waals surface area (Å²) in [5, 5.41) is 9.56. The highest BCUT2D eigenvalue weighted by Gasteiger charge is 2.43. The van der Waals surface area contributed by atoms with E-state index in [4.69, 9.17) is 0 Å². The Kier molecular flexibility index (Phi) is 4.93. The first kappa shape index (κ1) is 21.5. The number of Topliss-reactive ketones (excluding diaryl/α,β-unsaturated/α-hetero) is 1. The predicted molar refractivity (Wildman–Crippen MR) is 122 cm³/mol. The molecule has 166 valence electrons. The van der Waals surface area contributed by atoms with Crippen LogP contribution in [0.5, 0.6) is 0 Å². The largest absolute Gasteiger partial charge is 0.288 e. The highest BCUT2D eigenvalue weighted by molar-refractivity contribution is 7.97. The molecule has 6 nitrogen and oxygen atoms in total. The Bertz CT molecular complexity index is 1470. The lowest BCUT2D eigenvalue weighted by molar-refractivity contribution is -0.600. The Balaban J connectivity index is 1.47. The van der Waals surface area contributed by atoms with E-state index in [2.05, 4.69) is 35.4 Å². The number of para-hydroxylation sites is 1. The number of benzene rings is 2. The number of pyridine rings is 1. The monoisotopic (exact) mass is 460 g/mol. The van der Waals surface area contributed by atoms with Crippen molar-refractivity contribution in [2.24, 2.45) is 0 Å². The number of allylic oxidation sites excluding steroid dienone is 3. The molecule has 2 aliphatic rings. The molecule has 7 heteroatoms. The topological polar surface area (TPSA) is 84.5 Å². The van der Waals surface area contributed by atoms with Crippen LogP contribution in [0.15, 0.2) is 94.9 Å². The van der Waals surface area contributed by atoms with Gasteiger partial charge in [-0.1, -0.05) is 36.4 Å². The Hall–Kier alpha value is -3.39. The highest BCUT2D eigenvalue weighted by Crippen LogP contribution is 2.38. The maximum atomic E-state index is 12.7. The minimum absolute atomic E-state index is 0.0158. The molecule has 3 heterocycles. The zero-order chi connectivity index (χ0) is 23.4. The van der Waals surface area contributed by atoms with E-state index < -0.39 is 21.7 Å². The number of hydrogen-bond acceptors (Lipinski definition) is 5. The van der Waals surface area contributed by atoms with Crippen LogP contribution >= 0.6 is 0 Å². The summed E-state index contributed by atoms with van der Waals surface area (Å²) in [4.78, 5) is 17.0. The Morgan fingerprint density at radius 1 is 1.06 bits per heavy atom. The number of carbonyl (C=O) groups is 1. The van der Waals surface area contributed by atoms with Gasteiger partial charge in [0.05, 0.1) is 10.3 Å². The van der Waals surface area contributed by atoms with Gasteiger partial charge >= 0.3 is 0 Å². The fourth-order valence-electron chi connectivity index (χ4n) is 4.61. The smallest absolute Gasteiger partial charge is 0.215 e. The van der Waals surface area contributed by atoms with Gasteiger partial charge in [-0.05, 0) is 38.1 Å². The van der Waals surface area contributed by atoms with E-state index in [-0.39, 0.29) is 20.8 Å². The van der Waals surface area contributed by atoms with Crippen LogP contribution in [0.4, 0.5) is 0 Å². The van der Waals surface area contributed by atoms with E-state index in [1.807, 2.05) is 30.5 Å². The third-order valence-corrected chi connectivity index (χ3v) is 8.20. The molecule has 1 aromatic heterocycles. The summed E-state index contributed by atoms with van der Waals surface area (Å²) in [7, 11) is -3.87. The minimum Gasteiger partial charge on any atom is -0.288 e. The van der Waals surface area contributed by atoms with Crippen LogP contribution in [-0.2, 0) is 20.1 Å². The molecule has 0 spiro atoms. The van der Waals surface area contributed by atoms with Gasteiger partial charge in [-0.25, -0.2) is 13.3 Å². The SMILES string of the molecule is CC1(C)c2ccccc2-[n+]2ccc(C(C=CC=C3C(=O)c4ccccc4S3(=O)=O)OO)cc21. The summed E-state index contributed by atoms with van der Waals surface area (Å²) in [5.74, 6) is -0.537. The number of sulfone groups is 1. The molecule has 0 amide bonds. The van der Waals surface area contributed by atoms with Crippen molar-refractivity contribution in [1.29, 1.82) is 0 Å². The van der Waals surface area contributed by atoms with Gasteiger partial charge in [0.1, 0.15) is 11.0 Å². The fraction of sp³-hybridized carbons (Fsp3) is 0.154. The molecule has 2 aromatic carbocycles. The van der Waals surface area contributed by atoms with Crippen molar-refractivity contribution >= 4 is 15.6 Å². The van der Waals surface area contributed by atoms with E-state index in [0.29, 0.717) is 5.56 Å². The molecule has 0 saturated carbocycles. The van der Waals surface area contributed by atoms with Gasteiger partial charge in [0.25, 0.3) is 0 Å². The molecule has 0 fully saturated rings. The van der Waals surface area contributed by atoms with Crippen LogP contribution in [0.25, 0.3) is 5.69 Å². The van der Waals surface area contributed by atoms with Gasteiger partial charge in [0.15, 0.2) is 11.9 Å². The Labute approximate surface area is 191 Å². The molecule has 1 atom stereocenters. The number of carbonyl (C=O) groups excluding carboxylic acids is 1. The predicted octanol–water partition coefficient (Wildman–Crippen LogP) is 4.24. The van der Waals surface area contributed by atoms with Gasteiger partial charge in [-0.3, -0.25) is 10.1 Å². The average Bonchev–Trinajstić information content (AvgIpc) is 3.16. The first-order chi connectivity index (χ1) is 15.8. The maximum absolute atomic E-state index is 12.7. The maximum Gasteiger partial charge on any atom is 0.215 e. The van der Waals surface area contributed by atoms with Crippen molar-refractivity contribution in [3.63, 3.8) is 0 Å². The molecule has 33 heavy (non-hydrogen) atoms. The van der Waals surface area contributed by atoms with Crippen LogP contribution in [-0.4, -0.2) is 19.5 Å². The first-order valence-electron chi connectivity index (χ1n) is 10.5. The van der Waals surface area contributed by atoms with Crippen LogP contribution in [0.1, 0.15) is 47.1 Å². The van der Waals surface area contributed by atoms with Gasteiger partial charge in [0, 0.05) is 34.9 Å². The van der Waals surface area contributed by atoms with Crippen LogP contribution in [0.2, 0.25) is 0 Å². The second kappa shape index (κ2) is 7.59. The molecule has 0 saturated heterocycles. The van der Waals surface area contributed by atoms with Gasteiger partial charge in [0.2, 0.25) is 21.3 Å². The van der Waals surface area contributed by atoms with E-state index in [0.717, 1.165) is 11.4 Å². The van der Waals surface area contributed by atoms with Crippen LogP contribution in [0, 0.1) is 0 Å².